The first-order valence-corrected chi connectivity index (χ1v) is 6.88. The molecule has 3 unspecified atom stereocenters. The van der Waals surface area contributed by atoms with Crippen LogP contribution in [0.4, 0.5) is 0 Å². The van der Waals surface area contributed by atoms with E-state index < -0.39 is 17.8 Å². The van der Waals surface area contributed by atoms with Crippen LogP contribution in [0.2, 0.25) is 5.02 Å². The molecule has 0 bridgehead atoms. The third kappa shape index (κ3) is 3.73. The van der Waals surface area contributed by atoms with Crippen molar-refractivity contribution in [1.82, 2.24) is 4.90 Å². The molecule has 5 heteroatoms. The average Bonchev–Trinajstić information content (AvgIpc) is 2.44. The summed E-state index contributed by atoms with van der Waals surface area (Å²) in [5, 5.41) is 9.63. The van der Waals surface area contributed by atoms with Crippen molar-refractivity contribution in [3.63, 3.8) is 0 Å². The third-order valence-corrected chi connectivity index (χ3v) is 4.06. The Balaban J connectivity index is 2.83. The fourth-order valence-corrected chi connectivity index (χ4v) is 2.03. The molecule has 20 heavy (non-hydrogen) atoms. The molecule has 1 aromatic rings. The van der Waals surface area contributed by atoms with E-state index in [2.05, 4.69) is 0 Å². The summed E-state index contributed by atoms with van der Waals surface area (Å²) in [6.07, 6.45) is 0. The van der Waals surface area contributed by atoms with Crippen LogP contribution in [0.5, 0.6) is 0 Å². The highest BCUT2D eigenvalue weighted by Gasteiger charge is 2.30. The second-order valence-electron chi connectivity index (χ2n) is 5.09. The Kier molecular flexibility index (Phi) is 5.57. The van der Waals surface area contributed by atoms with Gasteiger partial charge in [-0.1, -0.05) is 37.6 Å². The number of benzene rings is 1. The Labute approximate surface area is 124 Å². The second kappa shape index (κ2) is 6.75. The van der Waals surface area contributed by atoms with Crippen molar-refractivity contribution in [3.8, 4) is 0 Å². The molecule has 4 nitrogen and oxygen atoms in total. The van der Waals surface area contributed by atoms with Gasteiger partial charge in [0.05, 0.1) is 12.0 Å². The minimum absolute atomic E-state index is 0.136. The van der Waals surface area contributed by atoms with Crippen molar-refractivity contribution in [3.05, 3.63) is 34.9 Å². The first kappa shape index (κ1) is 16.5. The normalized spacial score (nSPS) is 15.2. The monoisotopic (exact) mass is 297 g/mol. The van der Waals surface area contributed by atoms with Gasteiger partial charge in [0.2, 0.25) is 5.91 Å². The van der Waals surface area contributed by atoms with Crippen LogP contribution in [0.15, 0.2) is 24.3 Å². The number of carboxylic acids is 1. The smallest absolute Gasteiger partial charge is 0.307 e. The van der Waals surface area contributed by atoms with E-state index in [-0.39, 0.29) is 11.9 Å². The molecule has 0 saturated carbocycles. The predicted octanol–water partition coefficient (Wildman–Crippen LogP) is 3.22. The Hall–Kier alpha value is -1.55. The van der Waals surface area contributed by atoms with E-state index in [0.717, 1.165) is 5.56 Å². The van der Waals surface area contributed by atoms with Gasteiger partial charge in [0.1, 0.15) is 0 Å². The summed E-state index contributed by atoms with van der Waals surface area (Å²) in [6.45, 7) is 5.09. The predicted molar refractivity (Wildman–Crippen MR) is 78.6 cm³/mol. The number of hydrogen-bond donors (Lipinski definition) is 1. The maximum absolute atomic E-state index is 12.3. The molecule has 0 fully saturated rings. The molecule has 0 aliphatic carbocycles. The first-order valence-electron chi connectivity index (χ1n) is 6.50. The van der Waals surface area contributed by atoms with Crippen LogP contribution in [0.25, 0.3) is 0 Å². The van der Waals surface area contributed by atoms with Gasteiger partial charge in [0, 0.05) is 18.0 Å². The maximum atomic E-state index is 12.3. The largest absolute Gasteiger partial charge is 0.481 e. The molecule has 1 N–H and O–H groups in total. The van der Waals surface area contributed by atoms with Crippen LogP contribution >= 0.6 is 11.6 Å². The van der Waals surface area contributed by atoms with Crippen molar-refractivity contribution >= 4 is 23.5 Å². The minimum Gasteiger partial charge on any atom is -0.481 e. The fourth-order valence-electron chi connectivity index (χ4n) is 1.90. The lowest BCUT2D eigenvalue weighted by Gasteiger charge is -2.29. The molecule has 1 amide bonds. The zero-order chi connectivity index (χ0) is 15.4. The molecular weight excluding hydrogens is 278 g/mol. The van der Waals surface area contributed by atoms with Gasteiger partial charge in [-0.25, -0.2) is 0 Å². The summed E-state index contributed by atoms with van der Waals surface area (Å²) in [7, 11) is 1.69. The topological polar surface area (TPSA) is 57.6 Å². The molecule has 0 spiro atoms. The molecule has 0 aromatic heterocycles. The van der Waals surface area contributed by atoms with Gasteiger partial charge < -0.3 is 10.0 Å². The number of rotatable bonds is 5. The van der Waals surface area contributed by atoms with Crippen LogP contribution in [-0.4, -0.2) is 28.9 Å². The second-order valence-corrected chi connectivity index (χ2v) is 5.53. The van der Waals surface area contributed by atoms with E-state index in [9.17, 15) is 9.59 Å². The fraction of sp³-hybridized carbons (Fsp3) is 0.467. The third-order valence-electron chi connectivity index (χ3n) is 3.81. The zero-order valence-corrected chi connectivity index (χ0v) is 12.9. The van der Waals surface area contributed by atoms with Crippen molar-refractivity contribution < 1.29 is 14.7 Å². The van der Waals surface area contributed by atoms with Crippen LogP contribution in [0.1, 0.15) is 32.4 Å². The van der Waals surface area contributed by atoms with E-state index >= 15 is 0 Å². The standard InChI is InChI=1S/C15H20ClNO3/c1-9(10(2)15(19)20)14(18)17(4)11(3)12-5-7-13(16)8-6-12/h5-11H,1-4H3,(H,19,20). The Morgan fingerprint density at radius 3 is 2.05 bits per heavy atom. The van der Waals surface area contributed by atoms with Crippen molar-refractivity contribution in [1.29, 1.82) is 0 Å². The number of aliphatic carboxylic acids is 1. The zero-order valence-electron chi connectivity index (χ0n) is 12.1. The van der Waals surface area contributed by atoms with Crippen LogP contribution in [0, 0.1) is 11.8 Å². The van der Waals surface area contributed by atoms with Crippen LogP contribution in [-0.2, 0) is 9.59 Å². The van der Waals surface area contributed by atoms with Crippen molar-refractivity contribution in [2.75, 3.05) is 7.05 Å². The highest BCUT2D eigenvalue weighted by Crippen LogP contribution is 2.24. The van der Waals surface area contributed by atoms with Gasteiger partial charge in [0.25, 0.3) is 0 Å². The molecule has 0 aliphatic heterocycles. The summed E-state index contributed by atoms with van der Waals surface area (Å²) in [6, 6.07) is 7.14. The quantitative estimate of drug-likeness (QED) is 0.908. The van der Waals surface area contributed by atoms with Gasteiger partial charge >= 0.3 is 5.97 Å². The summed E-state index contributed by atoms with van der Waals surface area (Å²) in [4.78, 5) is 24.8. The number of hydrogen-bond acceptors (Lipinski definition) is 2. The maximum Gasteiger partial charge on any atom is 0.307 e. The van der Waals surface area contributed by atoms with Crippen molar-refractivity contribution in [2.45, 2.75) is 26.8 Å². The van der Waals surface area contributed by atoms with E-state index in [1.165, 1.54) is 0 Å². The van der Waals surface area contributed by atoms with Crippen LogP contribution < -0.4 is 0 Å². The molecule has 1 aromatic carbocycles. The summed E-state index contributed by atoms with van der Waals surface area (Å²) in [5.41, 5.74) is 0.959. The highest BCUT2D eigenvalue weighted by molar-refractivity contribution is 6.30. The van der Waals surface area contributed by atoms with Gasteiger partial charge in [-0.05, 0) is 24.6 Å². The van der Waals surface area contributed by atoms with Gasteiger partial charge in [-0.3, -0.25) is 9.59 Å². The Bertz CT molecular complexity index is 486. The first-order chi connectivity index (χ1) is 9.25. The van der Waals surface area contributed by atoms with Crippen LogP contribution in [0.3, 0.4) is 0 Å². The van der Waals surface area contributed by atoms with E-state index in [4.69, 9.17) is 16.7 Å². The lowest BCUT2D eigenvalue weighted by atomic mass is 9.94. The minimum atomic E-state index is -0.960. The molecule has 0 radical (unpaired) electrons. The molecule has 110 valence electrons. The number of carbonyl (C=O) groups is 2. The number of carboxylic acid groups (broad SMARTS) is 1. The van der Waals surface area contributed by atoms with E-state index in [1.807, 2.05) is 19.1 Å². The highest BCUT2D eigenvalue weighted by atomic mass is 35.5. The number of amides is 1. The van der Waals surface area contributed by atoms with Gasteiger partial charge in [-0.15, -0.1) is 0 Å². The summed E-state index contributed by atoms with van der Waals surface area (Å²) >= 11 is 5.84. The molecule has 0 aliphatic rings. The van der Waals surface area contributed by atoms with Crippen molar-refractivity contribution in [2.24, 2.45) is 11.8 Å². The number of halogens is 1. The Morgan fingerprint density at radius 1 is 1.10 bits per heavy atom. The molecule has 0 heterocycles. The summed E-state index contributed by atoms with van der Waals surface area (Å²) < 4.78 is 0. The van der Waals surface area contributed by atoms with E-state index in [0.29, 0.717) is 5.02 Å². The van der Waals surface area contributed by atoms with Gasteiger partial charge in [-0.2, -0.15) is 0 Å². The lowest BCUT2D eigenvalue weighted by molar-refractivity contribution is -0.149. The lowest BCUT2D eigenvalue weighted by Crippen LogP contribution is -2.38. The number of carbonyl (C=O) groups excluding carboxylic acids is 1. The average molecular weight is 298 g/mol. The molecular formula is C15H20ClNO3. The molecule has 1 rings (SSSR count). The Morgan fingerprint density at radius 2 is 1.60 bits per heavy atom. The molecule has 3 atom stereocenters. The van der Waals surface area contributed by atoms with Gasteiger partial charge in [0.15, 0.2) is 0 Å². The SMILES string of the molecule is CC(C(=O)O)C(C)C(=O)N(C)C(C)c1ccc(Cl)cc1. The molecule has 0 saturated heterocycles. The summed E-state index contributed by atoms with van der Waals surface area (Å²) in [5.74, 6) is -2.41. The number of nitrogens with zero attached hydrogens (tertiary/aromatic N) is 1. The van der Waals surface area contributed by atoms with E-state index in [1.54, 1.807) is 37.9 Å².